The van der Waals surface area contributed by atoms with E-state index in [1.54, 1.807) is 19.1 Å². The van der Waals surface area contributed by atoms with Crippen molar-refractivity contribution in [1.29, 1.82) is 0 Å². The molecule has 3 rings (SSSR count). The zero-order valence-electron chi connectivity index (χ0n) is 14.9. The van der Waals surface area contributed by atoms with Gasteiger partial charge in [0.1, 0.15) is 0 Å². The number of sulfonamides is 1. The van der Waals surface area contributed by atoms with E-state index in [1.807, 2.05) is 6.07 Å². The molecule has 0 spiro atoms. The van der Waals surface area contributed by atoms with Gasteiger partial charge >= 0.3 is 0 Å². The van der Waals surface area contributed by atoms with Crippen molar-refractivity contribution in [3.63, 3.8) is 0 Å². The Morgan fingerprint density at radius 2 is 1.88 bits per heavy atom. The Morgan fingerprint density at radius 3 is 2.50 bits per heavy atom. The smallest absolute Gasteiger partial charge is 0.266 e. The summed E-state index contributed by atoms with van der Waals surface area (Å²) in [7, 11) is -0.471. The Balaban J connectivity index is 1.70. The molecular weight excluding hydrogens is 370 g/mol. The maximum absolute atomic E-state index is 12.3. The summed E-state index contributed by atoms with van der Waals surface area (Å²) in [5.41, 5.74) is 5.21. The topological polar surface area (TPSA) is 78.8 Å². The minimum atomic E-state index is -3.45. The van der Waals surface area contributed by atoms with Crippen molar-refractivity contribution >= 4 is 33.0 Å². The van der Waals surface area contributed by atoms with E-state index in [9.17, 15) is 13.2 Å². The SMILES string of the molecule is C/C(=N/NC(=O)c1cc2c(s1)CCC2)c1ccc(S(=O)(=O)N(C)C)cc1. The normalized spacial score (nSPS) is 14.5. The summed E-state index contributed by atoms with van der Waals surface area (Å²) in [5, 5.41) is 4.14. The largest absolute Gasteiger partial charge is 0.281 e. The number of rotatable bonds is 5. The molecule has 2 aromatic rings. The molecular formula is C18H21N3O3S2. The predicted molar refractivity (Wildman–Crippen MR) is 103 cm³/mol. The molecule has 0 fully saturated rings. The lowest BCUT2D eigenvalue weighted by atomic mass is 10.1. The second-order valence-corrected chi connectivity index (χ2v) is 9.65. The van der Waals surface area contributed by atoms with Gasteiger partial charge in [-0.25, -0.2) is 18.1 Å². The molecule has 0 bridgehead atoms. The van der Waals surface area contributed by atoms with Crippen molar-refractivity contribution < 1.29 is 13.2 Å². The highest BCUT2D eigenvalue weighted by atomic mass is 32.2. The van der Waals surface area contributed by atoms with Gasteiger partial charge in [0.25, 0.3) is 5.91 Å². The molecule has 0 aliphatic heterocycles. The van der Waals surface area contributed by atoms with Gasteiger partial charge in [0.15, 0.2) is 0 Å². The highest BCUT2D eigenvalue weighted by Crippen LogP contribution is 2.30. The van der Waals surface area contributed by atoms with Crippen molar-refractivity contribution in [2.24, 2.45) is 5.10 Å². The molecule has 1 aliphatic rings. The van der Waals surface area contributed by atoms with E-state index in [1.165, 1.54) is 58.7 Å². The summed E-state index contributed by atoms with van der Waals surface area (Å²) in [5.74, 6) is -0.212. The summed E-state index contributed by atoms with van der Waals surface area (Å²) < 4.78 is 25.3. The van der Waals surface area contributed by atoms with Gasteiger partial charge in [-0.3, -0.25) is 4.79 Å². The lowest BCUT2D eigenvalue weighted by Gasteiger charge is -2.11. The van der Waals surface area contributed by atoms with Crippen LogP contribution in [0.3, 0.4) is 0 Å². The van der Waals surface area contributed by atoms with Gasteiger partial charge in [0.2, 0.25) is 10.0 Å². The van der Waals surface area contributed by atoms with Gasteiger partial charge in [-0.05, 0) is 55.5 Å². The fourth-order valence-corrected chi connectivity index (χ4v) is 4.82. The molecule has 26 heavy (non-hydrogen) atoms. The van der Waals surface area contributed by atoms with E-state index in [2.05, 4.69) is 10.5 Å². The number of hydrogen-bond donors (Lipinski definition) is 1. The third-order valence-electron chi connectivity index (χ3n) is 4.35. The molecule has 0 saturated carbocycles. The van der Waals surface area contributed by atoms with Crippen LogP contribution in [-0.4, -0.2) is 38.4 Å². The minimum absolute atomic E-state index is 0.212. The van der Waals surface area contributed by atoms with Crippen molar-refractivity contribution in [2.45, 2.75) is 31.1 Å². The van der Waals surface area contributed by atoms with Gasteiger partial charge < -0.3 is 0 Å². The van der Waals surface area contributed by atoms with E-state index in [-0.39, 0.29) is 10.8 Å². The molecule has 0 unspecified atom stereocenters. The van der Waals surface area contributed by atoms with Crippen LogP contribution in [0.15, 0.2) is 40.3 Å². The second-order valence-electron chi connectivity index (χ2n) is 6.36. The van der Waals surface area contributed by atoms with Gasteiger partial charge in [-0.1, -0.05) is 12.1 Å². The van der Waals surface area contributed by atoms with Gasteiger partial charge in [-0.15, -0.1) is 11.3 Å². The van der Waals surface area contributed by atoms with Crippen LogP contribution in [0.1, 0.15) is 39.0 Å². The molecule has 6 nitrogen and oxygen atoms in total. The molecule has 0 atom stereocenters. The third-order valence-corrected chi connectivity index (χ3v) is 7.41. The first-order valence-electron chi connectivity index (χ1n) is 8.28. The van der Waals surface area contributed by atoms with Crippen LogP contribution >= 0.6 is 11.3 Å². The number of amides is 1. The van der Waals surface area contributed by atoms with Crippen LogP contribution in [0.5, 0.6) is 0 Å². The first-order chi connectivity index (χ1) is 12.3. The van der Waals surface area contributed by atoms with Crippen molar-refractivity contribution in [3.8, 4) is 0 Å². The van der Waals surface area contributed by atoms with Crippen LogP contribution in [0.25, 0.3) is 0 Å². The Kier molecular flexibility index (Phi) is 5.27. The Hall–Kier alpha value is -2.03. The number of carbonyl (C=O) groups is 1. The van der Waals surface area contributed by atoms with Crippen LogP contribution in [0.4, 0.5) is 0 Å². The van der Waals surface area contributed by atoms with Crippen LogP contribution in [0.2, 0.25) is 0 Å². The van der Waals surface area contributed by atoms with Crippen LogP contribution in [0, 0.1) is 0 Å². The Bertz CT molecular complexity index is 937. The van der Waals surface area contributed by atoms with Crippen LogP contribution in [-0.2, 0) is 22.9 Å². The summed E-state index contributed by atoms with van der Waals surface area (Å²) in [6, 6.07) is 8.39. The van der Waals surface area contributed by atoms with Crippen molar-refractivity contribution in [2.75, 3.05) is 14.1 Å². The molecule has 0 saturated heterocycles. The molecule has 1 aromatic heterocycles. The van der Waals surface area contributed by atoms with E-state index in [0.717, 1.165) is 18.4 Å². The molecule has 1 aromatic carbocycles. The number of fused-ring (bicyclic) bond motifs is 1. The van der Waals surface area contributed by atoms with E-state index >= 15 is 0 Å². The van der Waals surface area contributed by atoms with Crippen molar-refractivity contribution in [1.82, 2.24) is 9.73 Å². The van der Waals surface area contributed by atoms with E-state index in [0.29, 0.717) is 10.6 Å². The van der Waals surface area contributed by atoms with Crippen LogP contribution < -0.4 is 5.43 Å². The lowest BCUT2D eigenvalue weighted by Crippen LogP contribution is -2.22. The number of hydrazone groups is 1. The predicted octanol–water partition coefficient (Wildman–Crippen LogP) is 2.64. The number of hydrogen-bond acceptors (Lipinski definition) is 5. The summed E-state index contributed by atoms with van der Waals surface area (Å²) >= 11 is 1.53. The number of benzene rings is 1. The highest BCUT2D eigenvalue weighted by Gasteiger charge is 2.19. The fourth-order valence-electron chi connectivity index (χ4n) is 2.77. The highest BCUT2D eigenvalue weighted by molar-refractivity contribution is 7.89. The first-order valence-corrected chi connectivity index (χ1v) is 10.5. The zero-order valence-corrected chi connectivity index (χ0v) is 16.6. The second kappa shape index (κ2) is 7.30. The van der Waals surface area contributed by atoms with E-state index in [4.69, 9.17) is 0 Å². The van der Waals surface area contributed by atoms with Crippen molar-refractivity contribution in [3.05, 3.63) is 51.2 Å². The molecule has 1 heterocycles. The molecule has 138 valence electrons. The molecule has 1 aliphatic carbocycles. The van der Waals surface area contributed by atoms with E-state index < -0.39 is 10.0 Å². The number of carbonyl (C=O) groups excluding carboxylic acids is 1. The number of nitrogens with zero attached hydrogens (tertiary/aromatic N) is 2. The fraction of sp³-hybridized carbons (Fsp3) is 0.333. The monoisotopic (exact) mass is 391 g/mol. The first kappa shape index (κ1) is 18.8. The number of aryl methyl sites for hydroxylation is 2. The average Bonchev–Trinajstić information content (AvgIpc) is 3.21. The quantitative estimate of drug-likeness (QED) is 0.629. The Morgan fingerprint density at radius 1 is 1.19 bits per heavy atom. The average molecular weight is 392 g/mol. The zero-order chi connectivity index (χ0) is 18.9. The summed E-state index contributed by atoms with van der Waals surface area (Å²) in [4.78, 5) is 14.5. The molecule has 8 heteroatoms. The van der Waals surface area contributed by atoms with Gasteiger partial charge in [-0.2, -0.15) is 5.10 Å². The maximum Gasteiger partial charge on any atom is 0.281 e. The molecule has 1 N–H and O–H groups in total. The standard InChI is InChI=1S/C18H21N3O3S2/c1-12(13-7-9-15(10-8-13)26(23,24)21(2)3)19-20-18(22)17-11-14-5-4-6-16(14)25-17/h7-11H,4-6H2,1-3H3,(H,20,22)/b19-12-. The lowest BCUT2D eigenvalue weighted by molar-refractivity contribution is 0.0959. The summed E-state index contributed by atoms with van der Waals surface area (Å²) in [6.07, 6.45) is 3.27. The third kappa shape index (κ3) is 3.72. The number of thiophene rings is 1. The minimum Gasteiger partial charge on any atom is -0.266 e. The molecule has 0 radical (unpaired) electrons. The Labute approximate surface area is 157 Å². The summed E-state index contributed by atoms with van der Waals surface area (Å²) in [6.45, 7) is 1.77. The van der Waals surface area contributed by atoms with Gasteiger partial charge in [0, 0.05) is 19.0 Å². The number of nitrogens with one attached hydrogen (secondary N) is 1. The van der Waals surface area contributed by atoms with Gasteiger partial charge in [0.05, 0.1) is 15.5 Å². The maximum atomic E-state index is 12.3. The molecule has 1 amide bonds.